The van der Waals surface area contributed by atoms with Crippen LogP contribution < -0.4 is 10.6 Å². The van der Waals surface area contributed by atoms with E-state index in [9.17, 15) is 14.4 Å². The molecule has 0 fully saturated rings. The average molecular weight is 422 g/mol. The molecule has 9 nitrogen and oxygen atoms in total. The van der Waals surface area contributed by atoms with Crippen molar-refractivity contribution in [1.82, 2.24) is 10.1 Å². The second kappa shape index (κ2) is 8.78. The van der Waals surface area contributed by atoms with Gasteiger partial charge in [0.2, 0.25) is 5.91 Å². The van der Waals surface area contributed by atoms with Crippen molar-refractivity contribution in [3.8, 4) is 0 Å². The van der Waals surface area contributed by atoms with Crippen molar-refractivity contribution in [3.63, 3.8) is 0 Å². The van der Waals surface area contributed by atoms with Gasteiger partial charge >= 0.3 is 5.97 Å². The number of carbonyl (C=O) groups excluding carboxylic acids is 2. The maximum absolute atomic E-state index is 12.3. The Balaban J connectivity index is 1.58. The monoisotopic (exact) mass is 422 g/mol. The molecule has 2 aromatic heterocycles. The second-order valence-corrected chi connectivity index (χ2v) is 7.92. The van der Waals surface area contributed by atoms with Gasteiger partial charge in [0.1, 0.15) is 17.1 Å². The summed E-state index contributed by atoms with van der Waals surface area (Å²) >= 11 is 0. The molecular formula is C22H22N4O5. The highest BCUT2D eigenvalue weighted by Crippen LogP contribution is 2.24. The van der Waals surface area contributed by atoms with Crippen LogP contribution >= 0.6 is 0 Å². The lowest BCUT2D eigenvalue weighted by Crippen LogP contribution is -2.16. The molecule has 9 heteroatoms. The molecule has 3 rings (SSSR count). The number of aromatic carboxylic acids is 1. The van der Waals surface area contributed by atoms with E-state index in [1.54, 1.807) is 30.3 Å². The number of nitrogens with one attached hydrogen (secondary N) is 2. The third-order valence-corrected chi connectivity index (χ3v) is 4.29. The zero-order valence-electron chi connectivity index (χ0n) is 17.3. The van der Waals surface area contributed by atoms with Gasteiger partial charge < -0.3 is 20.3 Å². The van der Waals surface area contributed by atoms with Crippen molar-refractivity contribution in [2.45, 2.75) is 32.6 Å². The first kappa shape index (κ1) is 21.7. The SMILES string of the molecule is CC(C)(C)c1cc(NC(=O)Cc2ccc(NC(=O)c3cccc(C(=O)O)n3)cc2)no1. The number of nitrogens with zero attached hydrogens (tertiary/aromatic N) is 2. The Morgan fingerprint density at radius 1 is 1.00 bits per heavy atom. The van der Waals surface area contributed by atoms with Crippen LogP contribution in [0.4, 0.5) is 11.5 Å². The minimum absolute atomic E-state index is 0.00871. The fraction of sp³-hybridized carbons (Fsp3) is 0.227. The highest BCUT2D eigenvalue weighted by atomic mass is 16.5. The van der Waals surface area contributed by atoms with Crippen LogP contribution in [-0.2, 0) is 16.6 Å². The first-order chi connectivity index (χ1) is 14.6. The van der Waals surface area contributed by atoms with Gasteiger partial charge in [-0.2, -0.15) is 0 Å². The van der Waals surface area contributed by atoms with E-state index >= 15 is 0 Å². The van der Waals surface area contributed by atoms with Crippen molar-refractivity contribution in [3.05, 3.63) is 71.2 Å². The molecule has 0 unspecified atom stereocenters. The molecule has 0 saturated carbocycles. The van der Waals surface area contributed by atoms with Gasteiger partial charge in [-0.1, -0.05) is 44.1 Å². The Morgan fingerprint density at radius 3 is 2.29 bits per heavy atom. The number of carboxylic acid groups (broad SMARTS) is 1. The standard InChI is InChI=1S/C22H22N4O5/c1-22(2,3)17-12-18(26-31-17)25-19(27)11-13-7-9-14(10-8-13)23-20(28)15-5-4-6-16(24-15)21(29)30/h4-10,12H,11H2,1-3H3,(H,23,28)(H,29,30)(H,25,26,27). The topological polar surface area (TPSA) is 134 Å². The van der Waals surface area contributed by atoms with Crippen LogP contribution in [0.5, 0.6) is 0 Å². The number of hydrogen-bond acceptors (Lipinski definition) is 6. The predicted octanol–water partition coefficient (Wildman–Crippen LogP) is 3.50. The van der Waals surface area contributed by atoms with E-state index in [1.165, 1.54) is 18.2 Å². The van der Waals surface area contributed by atoms with Crippen molar-refractivity contribution in [1.29, 1.82) is 0 Å². The highest BCUT2D eigenvalue weighted by molar-refractivity contribution is 6.03. The van der Waals surface area contributed by atoms with Gasteiger partial charge in [-0.05, 0) is 29.8 Å². The number of pyridine rings is 1. The van der Waals surface area contributed by atoms with Crippen LogP contribution in [0.1, 0.15) is 53.1 Å². The Bertz CT molecular complexity index is 1110. The van der Waals surface area contributed by atoms with Crippen LogP contribution in [0.25, 0.3) is 0 Å². The van der Waals surface area contributed by atoms with Crippen LogP contribution in [0, 0.1) is 0 Å². The number of rotatable bonds is 6. The molecule has 0 aliphatic carbocycles. The summed E-state index contributed by atoms with van der Waals surface area (Å²) < 4.78 is 5.25. The summed E-state index contributed by atoms with van der Waals surface area (Å²) in [7, 11) is 0. The molecule has 0 aliphatic heterocycles. The Morgan fingerprint density at radius 2 is 1.68 bits per heavy atom. The van der Waals surface area contributed by atoms with Gasteiger partial charge in [-0.3, -0.25) is 9.59 Å². The molecule has 3 N–H and O–H groups in total. The minimum Gasteiger partial charge on any atom is -0.477 e. The van der Waals surface area contributed by atoms with Crippen LogP contribution in [0.2, 0.25) is 0 Å². The van der Waals surface area contributed by atoms with Gasteiger partial charge in [0, 0.05) is 17.2 Å². The first-order valence-electron chi connectivity index (χ1n) is 9.49. The van der Waals surface area contributed by atoms with Crippen molar-refractivity contribution in [2.24, 2.45) is 0 Å². The van der Waals surface area contributed by atoms with Crippen molar-refractivity contribution < 1.29 is 24.0 Å². The molecule has 0 radical (unpaired) electrons. The molecule has 3 aromatic rings. The summed E-state index contributed by atoms with van der Waals surface area (Å²) in [5.74, 6) is -0.965. The summed E-state index contributed by atoms with van der Waals surface area (Å²) in [4.78, 5) is 39.3. The molecule has 2 heterocycles. The number of carbonyl (C=O) groups is 3. The Hall–Kier alpha value is -4.01. The summed E-state index contributed by atoms with van der Waals surface area (Å²) in [5.41, 5.74) is 0.797. The number of aromatic nitrogens is 2. The summed E-state index contributed by atoms with van der Waals surface area (Å²) in [6.07, 6.45) is 0.119. The second-order valence-electron chi connectivity index (χ2n) is 7.92. The van der Waals surface area contributed by atoms with E-state index in [-0.39, 0.29) is 29.1 Å². The van der Waals surface area contributed by atoms with Gasteiger partial charge in [-0.15, -0.1) is 0 Å². The maximum Gasteiger partial charge on any atom is 0.354 e. The number of hydrogen-bond donors (Lipinski definition) is 3. The number of benzene rings is 1. The van der Waals surface area contributed by atoms with E-state index in [0.29, 0.717) is 17.3 Å². The molecule has 31 heavy (non-hydrogen) atoms. The van der Waals surface area contributed by atoms with Gasteiger partial charge in [0.15, 0.2) is 5.82 Å². The third kappa shape index (κ3) is 5.75. The molecular weight excluding hydrogens is 400 g/mol. The zero-order chi connectivity index (χ0) is 22.6. The molecule has 0 atom stereocenters. The van der Waals surface area contributed by atoms with Crippen molar-refractivity contribution in [2.75, 3.05) is 10.6 Å². The fourth-order valence-corrected chi connectivity index (χ4v) is 2.64. The summed E-state index contributed by atoms with van der Waals surface area (Å²) in [6, 6.07) is 12.6. The lowest BCUT2D eigenvalue weighted by atomic mass is 9.93. The number of amides is 2. The smallest absolute Gasteiger partial charge is 0.354 e. The average Bonchev–Trinajstić information content (AvgIpc) is 3.18. The molecule has 0 bridgehead atoms. The molecule has 0 spiro atoms. The van der Waals surface area contributed by atoms with E-state index < -0.39 is 11.9 Å². The quantitative estimate of drug-likeness (QED) is 0.553. The Kier molecular flexibility index (Phi) is 6.15. The van der Waals surface area contributed by atoms with Gasteiger partial charge in [0.25, 0.3) is 5.91 Å². The molecule has 160 valence electrons. The molecule has 0 saturated heterocycles. The zero-order valence-corrected chi connectivity index (χ0v) is 17.3. The molecule has 2 amide bonds. The highest BCUT2D eigenvalue weighted by Gasteiger charge is 2.20. The van der Waals surface area contributed by atoms with Crippen LogP contribution in [-0.4, -0.2) is 33.0 Å². The summed E-state index contributed by atoms with van der Waals surface area (Å²) in [5, 5.41) is 18.2. The Labute approximate surface area is 178 Å². The number of anilines is 2. The van der Waals surface area contributed by atoms with E-state index in [0.717, 1.165) is 5.56 Å². The van der Waals surface area contributed by atoms with E-state index in [1.807, 2.05) is 20.8 Å². The molecule has 1 aromatic carbocycles. The van der Waals surface area contributed by atoms with Gasteiger partial charge in [-0.25, -0.2) is 9.78 Å². The minimum atomic E-state index is -1.21. The maximum atomic E-state index is 12.3. The lowest BCUT2D eigenvalue weighted by molar-refractivity contribution is -0.115. The largest absolute Gasteiger partial charge is 0.477 e. The van der Waals surface area contributed by atoms with Crippen molar-refractivity contribution >= 4 is 29.3 Å². The number of carboxylic acids is 1. The molecule has 0 aliphatic rings. The lowest BCUT2D eigenvalue weighted by Gasteiger charge is -2.12. The van der Waals surface area contributed by atoms with Gasteiger partial charge in [0.05, 0.1) is 6.42 Å². The third-order valence-electron chi connectivity index (χ3n) is 4.29. The van der Waals surface area contributed by atoms with E-state index in [4.69, 9.17) is 9.63 Å². The normalized spacial score (nSPS) is 11.1. The predicted molar refractivity (Wildman–Crippen MR) is 113 cm³/mol. The first-order valence-corrected chi connectivity index (χ1v) is 9.49. The fourth-order valence-electron chi connectivity index (χ4n) is 2.64. The van der Waals surface area contributed by atoms with Crippen LogP contribution in [0.3, 0.4) is 0 Å². The van der Waals surface area contributed by atoms with Crippen LogP contribution in [0.15, 0.2) is 53.1 Å². The summed E-state index contributed by atoms with van der Waals surface area (Å²) in [6.45, 7) is 5.95. The van der Waals surface area contributed by atoms with E-state index in [2.05, 4.69) is 20.8 Å².